The van der Waals surface area contributed by atoms with Gasteiger partial charge in [-0.05, 0) is 49.9 Å². The summed E-state index contributed by atoms with van der Waals surface area (Å²) in [6.45, 7) is 0.663. The van der Waals surface area contributed by atoms with Crippen LogP contribution in [0.15, 0.2) is 40.9 Å². The molecule has 2 heterocycles. The first-order valence-electron chi connectivity index (χ1n) is 11.3. The molecule has 2 aromatic carbocycles. The molecule has 35 heavy (non-hydrogen) atoms. The van der Waals surface area contributed by atoms with Crippen molar-refractivity contribution >= 4 is 40.9 Å². The van der Waals surface area contributed by atoms with Crippen LogP contribution in [0.25, 0.3) is 11.3 Å². The van der Waals surface area contributed by atoms with Crippen LogP contribution in [0.5, 0.6) is 5.75 Å². The van der Waals surface area contributed by atoms with Crippen molar-refractivity contribution in [2.75, 3.05) is 13.1 Å². The van der Waals surface area contributed by atoms with Gasteiger partial charge < -0.3 is 24.4 Å². The van der Waals surface area contributed by atoms with E-state index in [1.807, 2.05) is 0 Å². The van der Waals surface area contributed by atoms with E-state index in [0.29, 0.717) is 43.6 Å². The van der Waals surface area contributed by atoms with E-state index >= 15 is 0 Å². The molecule has 0 unspecified atom stereocenters. The molecular formula is C25H23Cl3N2O5. The lowest BCUT2D eigenvalue weighted by Gasteiger charge is -2.37. The van der Waals surface area contributed by atoms with Crippen molar-refractivity contribution in [3.05, 3.63) is 68.4 Å². The summed E-state index contributed by atoms with van der Waals surface area (Å²) in [7, 11) is 0. The topological polar surface area (TPSA) is 96.0 Å². The summed E-state index contributed by atoms with van der Waals surface area (Å²) < 4.78 is 11.8. The van der Waals surface area contributed by atoms with E-state index in [1.165, 1.54) is 4.90 Å². The zero-order valence-corrected chi connectivity index (χ0v) is 20.9. The first-order chi connectivity index (χ1) is 16.8. The third kappa shape index (κ3) is 4.83. The molecule has 1 amide bonds. The number of carboxylic acid groups (broad SMARTS) is 1. The largest absolute Gasteiger partial charge is 0.489 e. The van der Waals surface area contributed by atoms with Crippen LogP contribution in [0.3, 0.4) is 0 Å². The molecule has 5 rings (SSSR count). The molecule has 2 fully saturated rings. The maximum atomic E-state index is 11.2. The highest BCUT2D eigenvalue weighted by molar-refractivity contribution is 6.39. The molecule has 0 atom stereocenters. The Bertz CT molecular complexity index is 1250. The number of aliphatic hydroxyl groups is 1. The van der Waals surface area contributed by atoms with Crippen LogP contribution >= 0.6 is 34.8 Å². The van der Waals surface area contributed by atoms with Crippen LogP contribution < -0.4 is 4.74 Å². The second kappa shape index (κ2) is 9.54. The van der Waals surface area contributed by atoms with Crippen molar-refractivity contribution in [3.63, 3.8) is 0 Å². The van der Waals surface area contributed by atoms with Crippen molar-refractivity contribution in [1.82, 2.24) is 10.1 Å². The number of hydrogen-bond acceptors (Lipinski definition) is 5. The second-order valence-electron chi connectivity index (χ2n) is 8.98. The standard InChI is InChI=1S/C25H23Cl3N2O5/c26-18-2-1-3-19(27)21(18)22-16(23(35-29-22)14-4-5-14)13-34-15-6-7-17(20(28)12-15)25(33)8-10-30(11-9-25)24(31)32/h1-3,6-7,12,14,33H,4-5,8-11,13H2,(H,31,32). The predicted molar refractivity (Wildman–Crippen MR) is 132 cm³/mol. The molecule has 0 spiro atoms. The summed E-state index contributed by atoms with van der Waals surface area (Å²) in [4.78, 5) is 12.5. The van der Waals surface area contributed by atoms with Gasteiger partial charge in [0.25, 0.3) is 0 Å². The molecule has 0 radical (unpaired) electrons. The van der Waals surface area contributed by atoms with Crippen LogP contribution in [0.2, 0.25) is 15.1 Å². The van der Waals surface area contributed by atoms with Gasteiger partial charge in [-0.1, -0.05) is 52.1 Å². The van der Waals surface area contributed by atoms with E-state index in [4.69, 9.17) is 49.2 Å². The summed E-state index contributed by atoms with van der Waals surface area (Å²) in [5.41, 5.74) is 1.33. The zero-order chi connectivity index (χ0) is 24.7. The summed E-state index contributed by atoms with van der Waals surface area (Å²) in [6, 6.07) is 10.4. The van der Waals surface area contributed by atoms with Crippen molar-refractivity contribution in [2.24, 2.45) is 0 Å². The molecule has 1 aromatic heterocycles. The van der Waals surface area contributed by atoms with E-state index in [-0.39, 0.29) is 32.5 Å². The van der Waals surface area contributed by atoms with Gasteiger partial charge in [0.1, 0.15) is 23.8 Å². The molecule has 1 saturated heterocycles. The molecular weight excluding hydrogens is 515 g/mol. The number of aromatic nitrogens is 1. The lowest BCUT2D eigenvalue weighted by atomic mass is 9.84. The molecule has 2 N–H and O–H groups in total. The maximum absolute atomic E-state index is 11.2. The third-order valence-corrected chi connectivity index (χ3v) is 7.60. The molecule has 7 nitrogen and oxygen atoms in total. The third-order valence-electron chi connectivity index (χ3n) is 6.65. The fourth-order valence-electron chi connectivity index (χ4n) is 4.50. The van der Waals surface area contributed by atoms with E-state index in [9.17, 15) is 9.90 Å². The quantitative estimate of drug-likeness (QED) is 0.362. The molecule has 10 heteroatoms. The van der Waals surface area contributed by atoms with Crippen molar-refractivity contribution in [2.45, 2.75) is 43.8 Å². The first-order valence-corrected chi connectivity index (χ1v) is 12.5. The Morgan fingerprint density at radius 3 is 2.40 bits per heavy atom. The van der Waals surface area contributed by atoms with Crippen molar-refractivity contribution < 1.29 is 24.3 Å². The van der Waals surface area contributed by atoms with Gasteiger partial charge in [0.05, 0.1) is 26.2 Å². The maximum Gasteiger partial charge on any atom is 0.407 e. The number of benzene rings is 2. The molecule has 184 valence electrons. The minimum atomic E-state index is -1.19. The van der Waals surface area contributed by atoms with E-state index < -0.39 is 11.7 Å². The molecule has 2 aliphatic rings. The highest BCUT2D eigenvalue weighted by Crippen LogP contribution is 2.46. The number of ether oxygens (including phenoxy) is 1. The zero-order valence-electron chi connectivity index (χ0n) is 18.6. The Balaban J connectivity index is 1.37. The normalized spacial score (nSPS) is 17.4. The monoisotopic (exact) mass is 536 g/mol. The fraction of sp³-hybridized carbons (Fsp3) is 0.360. The number of piperidine rings is 1. The predicted octanol–water partition coefficient (Wildman–Crippen LogP) is 6.72. The van der Waals surface area contributed by atoms with Crippen LogP contribution in [0.4, 0.5) is 4.79 Å². The Hall–Kier alpha value is -2.45. The number of nitrogens with zero attached hydrogens (tertiary/aromatic N) is 2. The van der Waals surface area contributed by atoms with Crippen LogP contribution in [0, 0.1) is 0 Å². The number of rotatable bonds is 6. The SMILES string of the molecule is O=C(O)N1CCC(O)(c2ccc(OCc3c(-c4c(Cl)cccc4Cl)noc3C3CC3)cc2Cl)CC1. The van der Waals surface area contributed by atoms with Gasteiger partial charge in [0, 0.05) is 30.1 Å². The minimum Gasteiger partial charge on any atom is -0.489 e. The molecule has 1 aliphatic carbocycles. The van der Waals surface area contributed by atoms with E-state index in [0.717, 1.165) is 24.2 Å². The van der Waals surface area contributed by atoms with Gasteiger partial charge >= 0.3 is 6.09 Å². The average Bonchev–Trinajstić information content (AvgIpc) is 3.58. The van der Waals surface area contributed by atoms with E-state index in [1.54, 1.807) is 36.4 Å². The Morgan fingerprint density at radius 2 is 1.80 bits per heavy atom. The van der Waals surface area contributed by atoms with Gasteiger partial charge in [-0.3, -0.25) is 0 Å². The lowest BCUT2D eigenvalue weighted by molar-refractivity contribution is -0.0212. The number of carbonyl (C=O) groups is 1. The van der Waals surface area contributed by atoms with Crippen molar-refractivity contribution in [3.8, 4) is 17.0 Å². The van der Waals surface area contributed by atoms with Crippen LogP contribution in [0.1, 0.15) is 48.5 Å². The number of hydrogen-bond donors (Lipinski definition) is 2. The number of halogens is 3. The van der Waals surface area contributed by atoms with Crippen LogP contribution in [-0.2, 0) is 12.2 Å². The highest BCUT2D eigenvalue weighted by Gasteiger charge is 2.37. The summed E-state index contributed by atoms with van der Waals surface area (Å²) in [6.07, 6.45) is 1.60. The van der Waals surface area contributed by atoms with Gasteiger partial charge in [-0.25, -0.2) is 4.79 Å². The van der Waals surface area contributed by atoms with Crippen molar-refractivity contribution in [1.29, 1.82) is 0 Å². The van der Waals surface area contributed by atoms with Crippen LogP contribution in [-0.4, -0.2) is 39.5 Å². The smallest absolute Gasteiger partial charge is 0.407 e. The highest BCUT2D eigenvalue weighted by atomic mass is 35.5. The van der Waals surface area contributed by atoms with Gasteiger partial charge in [-0.15, -0.1) is 0 Å². The fourth-order valence-corrected chi connectivity index (χ4v) is 5.43. The second-order valence-corrected chi connectivity index (χ2v) is 10.2. The number of amides is 1. The summed E-state index contributed by atoms with van der Waals surface area (Å²) >= 11 is 19.4. The Kier molecular flexibility index (Phi) is 6.61. The molecule has 0 bridgehead atoms. The minimum absolute atomic E-state index is 0.180. The molecule has 1 saturated carbocycles. The molecule has 3 aromatic rings. The Labute approximate surface area is 217 Å². The average molecular weight is 538 g/mol. The van der Waals surface area contributed by atoms with Gasteiger partial charge in [-0.2, -0.15) is 0 Å². The van der Waals surface area contributed by atoms with Gasteiger partial charge in [0.2, 0.25) is 0 Å². The van der Waals surface area contributed by atoms with Gasteiger partial charge in [0.15, 0.2) is 0 Å². The number of likely N-dealkylation sites (tertiary alicyclic amines) is 1. The lowest BCUT2D eigenvalue weighted by Crippen LogP contribution is -2.44. The first kappa shape index (κ1) is 24.3. The van der Waals surface area contributed by atoms with E-state index in [2.05, 4.69) is 5.16 Å². The molecule has 1 aliphatic heterocycles. The summed E-state index contributed by atoms with van der Waals surface area (Å²) in [5, 5.41) is 25.9. The Morgan fingerprint density at radius 1 is 1.11 bits per heavy atom. The summed E-state index contributed by atoms with van der Waals surface area (Å²) in [5.74, 6) is 1.59.